The SMILES string of the molecule is CC/C=C\C/C=C\C/C=C\C/C=C\C/C=C\CCCCCCCCCCCCCC(=O)OCC(COC(=O)CCCCCCCCC/C=C\C/C=C\C/C=C\CC)OC(=O)CCC/C=C\C/C=C\C/C=C\C/C=C\C/C=C\CC. The second-order valence-corrected chi connectivity index (χ2v) is 20.5. The maximum absolute atomic E-state index is 12.9. The van der Waals surface area contributed by atoms with Crippen molar-refractivity contribution in [2.45, 2.75) is 271 Å². The smallest absolute Gasteiger partial charge is 0.306 e. The van der Waals surface area contributed by atoms with Gasteiger partial charge < -0.3 is 14.2 Å². The summed E-state index contributed by atoms with van der Waals surface area (Å²) in [6.45, 7) is 6.25. The third-order valence-corrected chi connectivity index (χ3v) is 13.0. The highest BCUT2D eigenvalue weighted by atomic mass is 16.6. The molecule has 444 valence electrons. The van der Waals surface area contributed by atoms with Gasteiger partial charge in [0, 0.05) is 19.3 Å². The number of unbranched alkanes of at least 4 members (excludes halogenated alkanes) is 19. The summed E-state index contributed by atoms with van der Waals surface area (Å²) < 4.78 is 16.9. The Kier molecular flexibility index (Phi) is 61.4. The first-order chi connectivity index (χ1) is 39.0. The third kappa shape index (κ3) is 63.7. The van der Waals surface area contributed by atoms with Crippen LogP contribution < -0.4 is 0 Å². The molecule has 79 heavy (non-hydrogen) atoms. The fourth-order valence-electron chi connectivity index (χ4n) is 8.34. The van der Waals surface area contributed by atoms with Crippen LogP contribution in [0.25, 0.3) is 0 Å². The van der Waals surface area contributed by atoms with Crippen LogP contribution in [0, 0.1) is 0 Å². The lowest BCUT2D eigenvalue weighted by Crippen LogP contribution is -2.30. The molecule has 0 rings (SSSR count). The first kappa shape index (κ1) is 74.0. The number of hydrogen-bond donors (Lipinski definition) is 0. The molecule has 0 fully saturated rings. The van der Waals surface area contributed by atoms with Crippen LogP contribution in [0.2, 0.25) is 0 Å². The average molecular weight is 1090 g/mol. The van der Waals surface area contributed by atoms with E-state index in [0.29, 0.717) is 19.3 Å². The Bertz CT molecular complexity index is 1780. The second-order valence-electron chi connectivity index (χ2n) is 20.5. The molecular formula is C73H116O6. The van der Waals surface area contributed by atoms with Crippen molar-refractivity contribution < 1.29 is 28.6 Å². The van der Waals surface area contributed by atoms with Crippen molar-refractivity contribution in [3.63, 3.8) is 0 Å². The normalized spacial score (nSPS) is 13.2. The second kappa shape index (κ2) is 65.5. The molecule has 0 aliphatic heterocycles. The van der Waals surface area contributed by atoms with Crippen molar-refractivity contribution in [2.24, 2.45) is 0 Å². The summed E-state index contributed by atoms with van der Waals surface area (Å²) in [7, 11) is 0. The predicted octanol–water partition coefficient (Wildman–Crippen LogP) is 22.1. The lowest BCUT2D eigenvalue weighted by atomic mass is 10.0. The number of hydrogen-bond acceptors (Lipinski definition) is 6. The van der Waals surface area contributed by atoms with Crippen molar-refractivity contribution in [1.29, 1.82) is 0 Å². The third-order valence-electron chi connectivity index (χ3n) is 13.0. The molecule has 6 nitrogen and oxygen atoms in total. The van der Waals surface area contributed by atoms with Gasteiger partial charge in [0.2, 0.25) is 0 Å². The van der Waals surface area contributed by atoms with Crippen LogP contribution in [-0.2, 0) is 28.6 Å². The van der Waals surface area contributed by atoms with Gasteiger partial charge in [-0.1, -0.05) is 269 Å². The predicted molar refractivity (Wildman–Crippen MR) is 343 cm³/mol. The first-order valence-electron chi connectivity index (χ1n) is 32.0. The monoisotopic (exact) mass is 1090 g/mol. The van der Waals surface area contributed by atoms with Gasteiger partial charge in [0.15, 0.2) is 6.10 Å². The highest BCUT2D eigenvalue weighted by Crippen LogP contribution is 2.15. The van der Waals surface area contributed by atoms with Gasteiger partial charge in [-0.25, -0.2) is 0 Å². The Morgan fingerprint density at radius 1 is 0.253 bits per heavy atom. The van der Waals surface area contributed by atoms with E-state index in [-0.39, 0.29) is 37.5 Å². The van der Waals surface area contributed by atoms with Crippen LogP contribution >= 0.6 is 0 Å². The molecule has 0 saturated carbocycles. The molecule has 0 aromatic heterocycles. The molecule has 0 aromatic carbocycles. The lowest BCUT2D eigenvalue weighted by Gasteiger charge is -2.18. The van der Waals surface area contributed by atoms with Crippen molar-refractivity contribution in [1.82, 2.24) is 0 Å². The highest BCUT2D eigenvalue weighted by molar-refractivity contribution is 5.71. The Morgan fingerprint density at radius 2 is 0.468 bits per heavy atom. The van der Waals surface area contributed by atoms with Crippen molar-refractivity contribution in [3.05, 3.63) is 158 Å². The molecular weight excluding hydrogens is 973 g/mol. The van der Waals surface area contributed by atoms with E-state index in [2.05, 4.69) is 179 Å². The summed E-state index contributed by atoms with van der Waals surface area (Å²) in [5.41, 5.74) is 0. The molecule has 6 heteroatoms. The molecule has 0 aromatic rings. The topological polar surface area (TPSA) is 78.9 Å². The van der Waals surface area contributed by atoms with Crippen LogP contribution in [-0.4, -0.2) is 37.2 Å². The highest BCUT2D eigenvalue weighted by Gasteiger charge is 2.19. The van der Waals surface area contributed by atoms with Crippen LogP contribution in [0.5, 0.6) is 0 Å². The Balaban J connectivity index is 4.43. The molecule has 0 bridgehead atoms. The van der Waals surface area contributed by atoms with Gasteiger partial charge in [0.05, 0.1) is 0 Å². The molecule has 0 saturated heterocycles. The average Bonchev–Trinajstić information content (AvgIpc) is 3.45. The quantitative estimate of drug-likeness (QED) is 0.0261. The fraction of sp³-hybridized carbons (Fsp3) is 0.603. The van der Waals surface area contributed by atoms with Crippen LogP contribution in [0.3, 0.4) is 0 Å². The summed E-state index contributed by atoms with van der Waals surface area (Å²) in [5, 5.41) is 0. The molecule has 0 radical (unpaired) electrons. The minimum atomic E-state index is -0.822. The number of carbonyl (C=O) groups excluding carboxylic acids is 3. The largest absolute Gasteiger partial charge is 0.462 e. The minimum Gasteiger partial charge on any atom is -0.462 e. The molecule has 0 heterocycles. The van der Waals surface area contributed by atoms with E-state index in [1.165, 1.54) is 83.5 Å². The maximum Gasteiger partial charge on any atom is 0.306 e. The maximum atomic E-state index is 12.9. The molecule has 1 unspecified atom stereocenters. The summed E-state index contributed by atoms with van der Waals surface area (Å²) in [4.78, 5) is 38.3. The summed E-state index contributed by atoms with van der Waals surface area (Å²) >= 11 is 0. The number of esters is 3. The van der Waals surface area contributed by atoms with Gasteiger partial charge in [-0.3, -0.25) is 14.4 Å². The van der Waals surface area contributed by atoms with E-state index in [9.17, 15) is 14.4 Å². The lowest BCUT2D eigenvalue weighted by molar-refractivity contribution is -0.167. The molecule has 1 atom stereocenters. The minimum absolute atomic E-state index is 0.111. The fourth-order valence-corrected chi connectivity index (χ4v) is 8.34. The van der Waals surface area contributed by atoms with E-state index < -0.39 is 6.10 Å². The van der Waals surface area contributed by atoms with Gasteiger partial charge in [-0.05, 0) is 135 Å². The van der Waals surface area contributed by atoms with Gasteiger partial charge in [-0.2, -0.15) is 0 Å². The zero-order valence-corrected chi connectivity index (χ0v) is 50.8. The zero-order chi connectivity index (χ0) is 57.1. The van der Waals surface area contributed by atoms with E-state index >= 15 is 0 Å². The zero-order valence-electron chi connectivity index (χ0n) is 50.8. The molecule has 0 spiro atoms. The van der Waals surface area contributed by atoms with Crippen LogP contribution in [0.15, 0.2) is 158 Å². The Labute approximate surface area is 486 Å². The van der Waals surface area contributed by atoms with E-state index in [0.717, 1.165) is 135 Å². The van der Waals surface area contributed by atoms with Crippen LogP contribution in [0.1, 0.15) is 265 Å². The first-order valence-corrected chi connectivity index (χ1v) is 32.0. The molecule has 0 aliphatic rings. The number of ether oxygens (including phenoxy) is 3. The van der Waals surface area contributed by atoms with Gasteiger partial charge in [-0.15, -0.1) is 0 Å². The standard InChI is InChI=1S/C73H116O6/c1-4-7-10-13-16-19-22-25-28-31-32-33-34-35-36-37-38-39-40-43-45-48-51-54-57-60-63-66-72(75)78-69-70(79-73(76)67-64-61-58-55-52-49-46-42-30-27-24-21-18-15-12-9-6-3)68-77-71(74)65-62-59-56-53-50-47-44-41-29-26-23-20-17-14-11-8-5-2/h7-12,16-21,25-30,32-33,35-36,46,49,55,58,70H,4-6,13-15,22-24,31,34,37-45,47-48,50-54,56-57,59-69H2,1-3H3/b10-7-,11-8-,12-9-,19-16-,20-17-,21-18-,28-25-,29-26-,30-27-,33-32-,36-35-,49-46-,58-55-. The van der Waals surface area contributed by atoms with Gasteiger partial charge in [0.1, 0.15) is 13.2 Å². The van der Waals surface area contributed by atoms with Crippen LogP contribution in [0.4, 0.5) is 0 Å². The molecule has 0 N–H and O–H groups in total. The summed E-state index contributed by atoms with van der Waals surface area (Å²) in [6, 6.07) is 0. The van der Waals surface area contributed by atoms with Crippen molar-refractivity contribution in [2.75, 3.05) is 13.2 Å². The molecule has 0 amide bonds. The van der Waals surface area contributed by atoms with Crippen molar-refractivity contribution in [3.8, 4) is 0 Å². The molecule has 0 aliphatic carbocycles. The summed E-state index contributed by atoms with van der Waals surface area (Å²) in [6.07, 6.45) is 95.4. The Hall–Kier alpha value is -4.97. The van der Waals surface area contributed by atoms with Crippen molar-refractivity contribution >= 4 is 17.9 Å². The number of carbonyl (C=O) groups is 3. The Morgan fingerprint density at radius 3 is 0.747 bits per heavy atom. The van der Waals surface area contributed by atoms with E-state index in [4.69, 9.17) is 14.2 Å². The number of rotatable bonds is 56. The van der Waals surface area contributed by atoms with E-state index in [1.807, 2.05) is 0 Å². The van der Waals surface area contributed by atoms with Gasteiger partial charge >= 0.3 is 17.9 Å². The van der Waals surface area contributed by atoms with Gasteiger partial charge in [0.25, 0.3) is 0 Å². The summed E-state index contributed by atoms with van der Waals surface area (Å²) in [5.74, 6) is -0.985. The number of allylic oxidation sites excluding steroid dienone is 26. The van der Waals surface area contributed by atoms with E-state index in [1.54, 1.807) is 0 Å².